The highest BCUT2D eigenvalue weighted by molar-refractivity contribution is 5.45. The molecule has 0 aromatic carbocycles. The van der Waals surface area contributed by atoms with Gasteiger partial charge in [-0.3, -0.25) is 0 Å². The first kappa shape index (κ1) is 14.7. The summed E-state index contributed by atoms with van der Waals surface area (Å²) in [7, 11) is 3.72. The van der Waals surface area contributed by atoms with Gasteiger partial charge in [-0.2, -0.15) is 15.0 Å². The Labute approximate surface area is 118 Å². The molecule has 1 aromatic heterocycles. The lowest BCUT2D eigenvalue weighted by molar-refractivity contribution is 0.0572. The van der Waals surface area contributed by atoms with Crippen molar-refractivity contribution in [2.45, 2.75) is 25.6 Å². The second kappa shape index (κ2) is 6.19. The minimum absolute atomic E-state index is 0.325. The van der Waals surface area contributed by atoms with Crippen LogP contribution >= 0.6 is 0 Å². The van der Waals surface area contributed by atoms with E-state index in [9.17, 15) is 10.2 Å². The molecule has 2 unspecified atom stereocenters. The largest absolute Gasteiger partial charge is 0.388 e. The second-order valence-electron chi connectivity index (χ2n) is 5.12. The highest BCUT2D eigenvalue weighted by atomic mass is 16.3. The zero-order chi connectivity index (χ0) is 14.7. The van der Waals surface area contributed by atoms with Crippen LogP contribution in [0.5, 0.6) is 0 Å². The van der Waals surface area contributed by atoms with Crippen molar-refractivity contribution in [1.29, 1.82) is 0 Å². The molecule has 1 aliphatic rings. The maximum atomic E-state index is 9.63. The van der Waals surface area contributed by atoms with Gasteiger partial charge in [-0.05, 0) is 6.42 Å². The van der Waals surface area contributed by atoms with Crippen LogP contribution in [-0.2, 0) is 0 Å². The Morgan fingerprint density at radius 3 is 2.40 bits per heavy atom. The average Bonchev–Trinajstić information content (AvgIpc) is 2.76. The van der Waals surface area contributed by atoms with Gasteiger partial charge in [0.1, 0.15) is 0 Å². The fourth-order valence-electron chi connectivity index (χ4n) is 1.94. The Balaban J connectivity index is 2.25. The summed E-state index contributed by atoms with van der Waals surface area (Å²) in [6, 6.07) is 0. The Kier molecular flexibility index (Phi) is 4.56. The summed E-state index contributed by atoms with van der Waals surface area (Å²) in [4.78, 5) is 16.6. The van der Waals surface area contributed by atoms with E-state index in [1.165, 1.54) is 0 Å². The number of nitrogens with zero attached hydrogens (tertiary/aromatic N) is 5. The Morgan fingerprint density at radius 2 is 1.85 bits per heavy atom. The number of hydrogen-bond donors (Lipinski definition) is 3. The number of β-amino-alcohol motifs (C(OH)–C–C–N with tert-alkyl or cyclic N) is 2. The van der Waals surface area contributed by atoms with Gasteiger partial charge in [0, 0.05) is 33.7 Å². The molecular weight excluding hydrogens is 260 g/mol. The zero-order valence-electron chi connectivity index (χ0n) is 12.1. The maximum Gasteiger partial charge on any atom is 0.232 e. The predicted molar refractivity (Wildman–Crippen MR) is 77.2 cm³/mol. The fraction of sp³-hybridized carbons (Fsp3) is 0.750. The van der Waals surface area contributed by atoms with Crippen molar-refractivity contribution in [3.8, 4) is 0 Å². The third-order valence-corrected chi connectivity index (χ3v) is 3.09. The number of rotatable bonds is 5. The van der Waals surface area contributed by atoms with Crippen molar-refractivity contribution in [3.63, 3.8) is 0 Å². The van der Waals surface area contributed by atoms with Gasteiger partial charge >= 0.3 is 0 Å². The molecule has 0 bridgehead atoms. The van der Waals surface area contributed by atoms with E-state index in [2.05, 4.69) is 27.2 Å². The topological polar surface area (TPSA) is 97.6 Å². The van der Waals surface area contributed by atoms with Gasteiger partial charge in [0.05, 0.1) is 12.2 Å². The minimum atomic E-state index is -0.762. The van der Waals surface area contributed by atoms with Gasteiger partial charge < -0.3 is 25.3 Å². The van der Waals surface area contributed by atoms with E-state index in [1.807, 2.05) is 14.1 Å². The molecule has 20 heavy (non-hydrogen) atoms. The van der Waals surface area contributed by atoms with E-state index in [0.29, 0.717) is 30.9 Å². The molecule has 8 nitrogen and oxygen atoms in total. The van der Waals surface area contributed by atoms with Crippen LogP contribution in [0.15, 0.2) is 0 Å². The van der Waals surface area contributed by atoms with E-state index >= 15 is 0 Å². The van der Waals surface area contributed by atoms with E-state index in [1.54, 1.807) is 9.80 Å². The van der Waals surface area contributed by atoms with Gasteiger partial charge in [0.15, 0.2) is 0 Å². The monoisotopic (exact) mass is 282 g/mol. The molecule has 0 aliphatic carbocycles. The molecule has 0 amide bonds. The number of hydrogen-bond acceptors (Lipinski definition) is 8. The van der Waals surface area contributed by atoms with E-state index in [0.717, 1.165) is 13.0 Å². The van der Waals surface area contributed by atoms with Crippen LogP contribution in [0.1, 0.15) is 13.3 Å². The minimum Gasteiger partial charge on any atom is -0.388 e. The lowest BCUT2D eigenvalue weighted by Crippen LogP contribution is -2.26. The number of aliphatic hydroxyl groups is 2. The molecule has 1 aliphatic heterocycles. The van der Waals surface area contributed by atoms with Crippen LogP contribution in [0.2, 0.25) is 0 Å². The molecule has 0 radical (unpaired) electrons. The molecule has 1 fully saturated rings. The smallest absolute Gasteiger partial charge is 0.232 e. The van der Waals surface area contributed by atoms with Crippen LogP contribution in [0, 0.1) is 0 Å². The Morgan fingerprint density at radius 1 is 1.20 bits per heavy atom. The van der Waals surface area contributed by atoms with Crippen molar-refractivity contribution >= 4 is 17.8 Å². The number of nitrogens with one attached hydrogen (secondary N) is 1. The summed E-state index contributed by atoms with van der Waals surface area (Å²) in [6.45, 7) is 3.49. The van der Waals surface area contributed by atoms with E-state index in [4.69, 9.17) is 0 Å². The molecule has 0 spiro atoms. The summed E-state index contributed by atoms with van der Waals surface area (Å²) >= 11 is 0. The summed E-state index contributed by atoms with van der Waals surface area (Å²) < 4.78 is 0. The molecule has 0 saturated carbocycles. The zero-order valence-corrected chi connectivity index (χ0v) is 12.1. The van der Waals surface area contributed by atoms with Crippen molar-refractivity contribution in [2.75, 3.05) is 48.8 Å². The Hall–Kier alpha value is -1.67. The molecule has 3 N–H and O–H groups in total. The second-order valence-corrected chi connectivity index (χ2v) is 5.12. The van der Waals surface area contributed by atoms with Crippen molar-refractivity contribution in [3.05, 3.63) is 0 Å². The third-order valence-electron chi connectivity index (χ3n) is 3.09. The first-order valence-electron chi connectivity index (χ1n) is 6.79. The van der Waals surface area contributed by atoms with Crippen LogP contribution in [0.25, 0.3) is 0 Å². The maximum absolute atomic E-state index is 9.63. The van der Waals surface area contributed by atoms with Crippen molar-refractivity contribution < 1.29 is 10.2 Å². The summed E-state index contributed by atoms with van der Waals surface area (Å²) in [5.41, 5.74) is 0. The van der Waals surface area contributed by atoms with Gasteiger partial charge in [-0.25, -0.2) is 0 Å². The number of anilines is 3. The summed E-state index contributed by atoms with van der Waals surface area (Å²) in [5.74, 6) is 1.53. The summed E-state index contributed by atoms with van der Waals surface area (Å²) in [6.07, 6.45) is -0.553. The van der Waals surface area contributed by atoms with Gasteiger partial charge in [0.25, 0.3) is 0 Å². The van der Waals surface area contributed by atoms with Crippen LogP contribution in [0.3, 0.4) is 0 Å². The standard InChI is InChI=1S/C12H22N6O2/c1-4-5-13-10-14-11(17(2)3)16-12(15-10)18-6-8(19)9(20)7-18/h8-9,19-20H,4-7H2,1-3H3,(H,13,14,15,16). The van der Waals surface area contributed by atoms with Crippen molar-refractivity contribution in [1.82, 2.24) is 15.0 Å². The van der Waals surface area contributed by atoms with Crippen LogP contribution < -0.4 is 15.1 Å². The van der Waals surface area contributed by atoms with E-state index < -0.39 is 12.2 Å². The first-order chi connectivity index (χ1) is 9.51. The number of aromatic nitrogens is 3. The normalized spacial score (nSPS) is 22.1. The molecule has 2 rings (SSSR count). The third kappa shape index (κ3) is 3.26. The molecule has 2 heterocycles. The highest BCUT2D eigenvalue weighted by Crippen LogP contribution is 2.20. The van der Waals surface area contributed by atoms with Crippen LogP contribution in [-0.4, -0.2) is 71.1 Å². The molecule has 1 saturated heterocycles. The van der Waals surface area contributed by atoms with Crippen LogP contribution in [0.4, 0.5) is 17.8 Å². The lowest BCUT2D eigenvalue weighted by Gasteiger charge is -2.19. The lowest BCUT2D eigenvalue weighted by atomic mass is 10.3. The van der Waals surface area contributed by atoms with Gasteiger partial charge in [-0.1, -0.05) is 6.92 Å². The molecule has 2 atom stereocenters. The molecule has 8 heteroatoms. The first-order valence-corrected chi connectivity index (χ1v) is 6.79. The fourth-order valence-corrected chi connectivity index (χ4v) is 1.94. The SMILES string of the molecule is CCCNc1nc(N(C)C)nc(N2CC(O)C(O)C2)n1. The van der Waals surface area contributed by atoms with Gasteiger partial charge in [-0.15, -0.1) is 0 Å². The summed E-state index contributed by atoms with van der Waals surface area (Å²) in [5, 5.41) is 22.4. The quantitative estimate of drug-likeness (QED) is 0.652. The van der Waals surface area contributed by atoms with E-state index in [-0.39, 0.29) is 0 Å². The average molecular weight is 282 g/mol. The number of aliphatic hydroxyl groups excluding tert-OH is 2. The molecule has 112 valence electrons. The van der Waals surface area contributed by atoms with Gasteiger partial charge in [0.2, 0.25) is 17.8 Å². The van der Waals surface area contributed by atoms with Crippen molar-refractivity contribution in [2.24, 2.45) is 0 Å². The Bertz CT molecular complexity index is 446. The molecule has 1 aromatic rings. The highest BCUT2D eigenvalue weighted by Gasteiger charge is 2.31. The predicted octanol–water partition coefficient (Wildman–Crippen LogP) is -0.699. The molecular formula is C12H22N6O2.